The molecular formula is C18H19NO2. The lowest BCUT2D eigenvalue weighted by atomic mass is 10.2. The Labute approximate surface area is 125 Å². The largest absolute Gasteiger partial charge is 0.493 e. The number of nitriles is 1. The number of benzene rings is 2. The van der Waals surface area contributed by atoms with Crippen LogP contribution in [0.2, 0.25) is 0 Å². The van der Waals surface area contributed by atoms with Gasteiger partial charge in [-0.15, -0.1) is 0 Å². The van der Waals surface area contributed by atoms with Crippen molar-refractivity contribution in [2.24, 2.45) is 0 Å². The fraction of sp³-hybridized carbons (Fsp3) is 0.278. The molecule has 0 amide bonds. The predicted octanol–water partition coefficient (Wildman–Crippen LogP) is 3.97. The summed E-state index contributed by atoms with van der Waals surface area (Å²) in [6.45, 7) is 3.32. The van der Waals surface area contributed by atoms with Crippen molar-refractivity contribution in [3.63, 3.8) is 0 Å². The molecule has 0 aliphatic heterocycles. The highest BCUT2D eigenvalue weighted by Crippen LogP contribution is 2.14. The Kier molecular flexibility index (Phi) is 5.66. The molecule has 0 unspecified atom stereocenters. The third kappa shape index (κ3) is 4.85. The normalized spacial score (nSPS) is 9.90. The zero-order valence-corrected chi connectivity index (χ0v) is 12.2. The highest BCUT2D eigenvalue weighted by Gasteiger charge is 1.97. The molecule has 0 spiro atoms. The van der Waals surface area contributed by atoms with Crippen molar-refractivity contribution < 1.29 is 9.47 Å². The molecule has 2 rings (SSSR count). The molecule has 0 saturated carbocycles. The molecule has 0 heterocycles. The van der Waals surface area contributed by atoms with E-state index in [4.69, 9.17) is 14.7 Å². The van der Waals surface area contributed by atoms with Crippen LogP contribution in [0.1, 0.15) is 24.5 Å². The zero-order valence-electron chi connectivity index (χ0n) is 12.2. The van der Waals surface area contributed by atoms with Gasteiger partial charge < -0.3 is 9.47 Å². The van der Waals surface area contributed by atoms with Crippen molar-refractivity contribution in [1.82, 2.24) is 0 Å². The minimum absolute atomic E-state index is 0.571. The molecule has 0 atom stereocenters. The van der Waals surface area contributed by atoms with E-state index in [9.17, 15) is 0 Å². The Morgan fingerprint density at radius 1 is 0.952 bits per heavy atom. The van der Waals surface area contributed by atoms with E-state index in [0.717, 1.165) is 24.3 Å². The Bertz CT molecular complexity index is 599. The van der Waals surface area contributed by atoms with Crippen molar-refractivity contribution in [3.8, 4) is 17.6 Å². The van der Waals surface area contributed by atoms with E-state index in [0.29, 0.717) is 18.8 Å². The van der Waals surface area contributed by atoms with E-state index in [1.54, 1.807) is 12.1 Å². The molecule has 0 fully saturated rings. The minimum Gasteiger partial charge on any atom is -0.493 e. The van der Waals surface area contributed by atoms with E-state index in [2.05, 4.69) is 25.1 Å². The van der Waals surface area contributed by atoms with Crippen LogP contribution in [0.5, 0.6) is 11.5 Å². The summed E-state index contributed by atoms with van der Waals surface area (Å²) < 4.78 is 11.2. The van der Waals surface area contributed by atoms with E-state index in [-0.39, 0.29) is 0 Å². The average molecular weight is 281 g/mol. The number of hydrogen-bond acceptors (Lipinski definition) is 3. The van der Waals surface area contributed by atoms with Gasteiger partial charge >= 0.3 is 0 Å². The summed E-state index contributed by atoms with van der Waals surface area (Å²) in [5.74, 6) is 1.61. The van der Waals surface area contributed by atoms with Gasteiger partial charge in [0.15, 0.2) is 0 Å². The first-order valence-electron chi connectivity index (χ1n) is 7.16. The first kappa shape index (κ1) is 14.9. The number of hydrogen-bond donors (Lipinski definition) is 0. The molecule has 0 aliphatic rings. The average Bonchev–Trinajstić information content (AvgIpc) is 2.55. The Hall–Kier alpha value is -2.47. The smallest absolute Gasteiger partial charge is 0.120 e. The van der Waals surface area contributed by atoms with Gasteiger partial charge in [0, 0.05) is 6.42 Å². The summed E-state index contributed by atoms with van der Waals surface area (Å²) in [4.78, 5) is 0. The van der Waals surface area contributed by atoms with Gasteiger partial charge in [-0.1, -0.05) is 25.1 Å². The summed E-state index contributed by atoms with van der Waals surface area (Å²) in [7, 11) is 0. The zero-order chi connectivity index (χ0) is 14.9. The van der Waals surface area contributed by atoms with Crippen molar-refractivity contribution in [1.29, 1.82) is 5.26 Å². The molecule has 0 radical (unpaired) electrons. The van der Waals surface area contributed by atoms with E-state index in [1.807, 2.05) is 24.3 Å². The molecule has 0 aliphatic carbocycles. The lowest BCUT2D eigenvalue weighted by Crippen LogP contribution is -2.05. The molecule has 108 valence electrons. The third-order valence-corrected chi connectivity index (χ3v) is 3.12. The third-order valence-electron chi connectivity index (χ3n) is 3.12. The summed E-state index contributed by atoms with van der Waals surface area (Å²) in [6.07, 6.45) is 1.84. The molecule has 0 aromatic heterocycles. The van der Waals surface area contributed by atoms with Crippen LogP contribution in [0, 0.1) is 11.3 Å². The van der Waals surface area contributed by atoms with Gasteiger partial charge in [0.05, 0.1) is 24.8 Å². The summed E-state index contributed by atoms with van der Waals surface area (Å²) in [5, 5.41) is 8.81. The Morgan fingerprint density at radius 3 is 2.33 bits per heavy atom. The van der Waals surface area contributed by atoms with Crippen LogP contribution >= 0.6 is 0 Å². The molecule has 3 heteroatoms. The standard InChI is InChI=1S/C18H19NO2/c1-2-15-7-9-17(10-8-15)20-11-4-12-21-18-6-3-5-16(13-18)14-19/h3,5-10,13H,2,4,11-12H2,1H3. The van der Waals surface area contributed by atoms with Crippen LogP contribution in [0.3, 0.4) is 0 Å². The van der Waals surface area contributed by atoms with Crippen LogP contribution < -0.4 is 9.47 Å². The minimum atomic E-state index is 0.571. The van der Waals surface area contributed by atoms with Gasteiger partial charge in [0.1, 0.15) is 11.5 Å². The quantitative estimate of drug-likeness (QED) is 0.721. The second kappa shape index (κ2) is 7.96. The topological polar surface area (TPSA) is 42.2 Å². The maximum Gasteiger partial charge on any atom is 0.120 e. The second-order valence-electron chi connectivity index (χ2n) is 4.69. The van der Waals surface area contributed by atoms with Crippen LogP contribution in [0.4, 0.5) is 0 Å². The van der Waals surface area contributed by atoms with Gasteiger partial charge in [0.25, 0.3) is 0 Å². The van der Waals surface area contributed by atoms with Gasteiger partial charge in [-0.3, -0.25) is 0 Å². The number of nitrogens with zero attached hydrogens (tertiary/aromatic N) is 1. The molecule has 2 aromatic rings. The first-order valence-corrected chi connectivity index (χ1v) is 7.16. The molecule has 0 N–H and O–H groups in total. The summed E-state index contributed by atoms with van der Waals surface area (Å²) >= 11 is 0. The van der Waals surface area contributed by atoms with Crippen molar-refractivity contribution in [2.75, 3.05) is 13.2 Å². The fourth-order valence-corrected chi connectivity index (χ4v) is 1.92. The monoisotopic (exact) mass is 281 g/mol. The molecule has 0 bridgehead atoms. The van der Waals surface area contributed by atoms with Gasteiger partial charge in [-0.05, 0) is 42.3 Å². The van der Waals surface area contributed by atoms with Crippen LogP contribution in [-0.2, 0) is 6.42 Å². The van der Waals surface area contributed by atoms with Gasteiger partial charge in [-0.25, -0.2) is 0 Å². The predicted molar refractivity (Wildman–Crippen MR) is 82.6 cm³/mol. The first-order chi connectivity index (χ1) is 10.3. The SMILES string of the molecule is CCc1ccc(OCCCOc2cccc(C#N)c2)cc1. The number of rotatable bonds is 7. The molecule has 2 aromatic carbocycles. The molecule has 3 nitrogen and oxygen atoms in total. The lowest BCUT2D eigenvalue weighted by molar-refractivity contribution is 0.247. The van der Waals surface area contributed by atoms with Gasteiger partial charge in [0.2, 0.25) is 0 Å². The van der Waals surface area contributed by atoms with Crippen molar-refractivity contribution in [3.05, 3.63) is 59.7 Å². The van der Waals surface area contributed by atoms with Crippen LogP contribution in [0.15, 0.2) is 48.5 Å². The summed E-state index contributed by atoms with van der Waals surface area (Å²) in [6, 6.07) is 17.4. The molecular weight excluding hydrogens is 262 g/mol. The van der Waals surface area contributed by atoms with Crippen molar-refractivity contribution >= 4 is 0 Å². The van der Waals surface area contributed by atoms with Gasteiger partial charge in [-0.2, -0.15) is 5.26 Å². The summed E-state index contributed by atoms with van der Waals surface area (Å²) in [5.41, 5.74) is 1.92. The van der Waals surface area contributed by atoms with E-state index >= 15 is 0 Å². The fourth-order valence-electron chi connectivity index (χ4n) is 1.92. The maximum atomic E-state index is 8.81. The van der Waals surface area contributed by atoms with Crippen molar-refractivity contribution in [2.45, 2.75) is 19.8 Å². The number of aryl methyl sites for hydroxylation is 1. The number of ether oxygens (including phenoxy) is 2. The maximum absolute atomic E-state index is 8.81. The van der Waals surface area contributed by atoms with E-state index in [1.165, 1.54) is 5.56 Å². The lowest BCUT2D eigenvalue weighted by Gasteiger charge is -2.08. The Morgan fingerprint density at radius 2 is 1.67 bits per heavy atom. The highest BCUT2D eigenvalue weighted by atomic mass is 16.5. The molecule has 21 heavy (non-hydrogen) atoms. The van der Waals surface area contributed by atoms with E-state index < -0.39 is 0 Å². The second-order valence-corrected chi connectivity index (χ2v) is 4.69. The van der Waals surface area contributed by atoms with Crippen LogP contribution in [-0.4, -0.2) is 13.2 Å². The Balaban J connectivity index is 1.68. The van der Waals surface area contributed by atoms with Crippen LogP contribution in [0.25, 0.3) is 0 Å². The highest BCUT2D eigenvalue weighted by molar-refractivity contribution is 5.36. The molecule has 0 saturated heterocycles.